The summed E-state index contributed by atoms with van der Waals surface area (Å²) in [6.45, 7) is 8.37. The van der Waals surface area contributed by atoms with E-state index in [2.05, 4.69) is 17.2 Å². The Kier molecular flexibility index (Phi) is 6.51. The molecule has 0 aromatic heterocycles. The zero-order valence-electron chi connectivity index (χ0n) is 12.6. The Morgan fingerprint density at radius 1 is 1.60 bits per heavy atom. The van der Waals surface area contributed by atoms with Crippen LogP contribution in [-0.4, -0.2) is 54.1 Å². The topological polar surface area (TPSA) is 74.2 Å². The van der Waals surface area contributed by atoms with E-state index in [0.29, 0.717) is 13.1 Å². The van der Waals surface area contributed by atoms with Gasteiger partial charge in [0.1, 0.15) is 11.4 Å². The molecule has 1 aliphatic heterocycles. The van der Waals surface area contributed by atoms with Crippen LogP contribution in [0.1, 0.15) is 33.6 Å². The monoisotopic (exact) mass is 283 g/mol. The molecule has 1 saturated heterocycles. The van der Waals surface area contributed by atoms with Gasteiger partial charge in [0, 0.05) is 12.6 Å². The van der Waals surface area contributed by atoms with Gasteiger partial charge in [-0.2, -0.15) is 0 Å². The fraction of sp³-hybridized carbons (Fsp3) is 0.714. The predicted octanol–water partition coefficient (Wildman–Crippen LogP) is 2.08. The Morgan fingerprint density at radius 2 is 2.35 bits per heavy atom. The van der Waals surface area contributed by atoms with Crippen LogP contribution < -0.4 is 5.32 Å². The molecule has 1 atom stereocenters. The molecule has 1 heterocycles. The van der Waals surface area contributed by atoms with Crippen LogP contribution in [0, 0.1) is 0 Å². The molecule has 0 aliphatic carbocycles. The minimum Gasteiger partial charge on any atom is -0.511 e. The molecule has 6 heteroatoms. The number of allylic oxidation sites excluding steroid dienone is 1. The predicted molar refractivity (Wildman–Crippen MR) is 79.1 cm³/mol. The lowest BCUT2D eigenvalue weighted by Crippen LogP contribution is -2.37. The highest BCUT2D eigenvalue weighted by molar-refractivity contribution is 5.75. The molecule has 0 radical (unpaired) electrons. The zero-order valence-corrected chi connectivity index (χ0v) is 12.6. The maximum absolute atomic E-state index is 11.9. The van der Waals surface area contributed by atoms with E-state index in [9.17, 15) is 4.79 Å². The molecule has 0 spiro atoms. The Morgan fingerprint density at radius 3 is 2.95 bits per heavy atom. The molecular weight excluding hydrogens is 258 g/mol. The first-order valence-corrected chi connectivity index (χ1v) is 7.09. The number of aliphatic hydroxyl groups is 1. The highest BCUT2D eigenvalue weighted by atomic mass is 16.6. The van der Waals surface area contributed by atoms with Crippen molar-refractivity contribution >= 4 is 12.3 Å². The van der Waals surface area contributed by atoms with Crippen molar-refractivity contribution in [3.8, 4) is 0 Å². The van der Waals surface area contributed by atoms with E-state index in [0.717, 1.165) is 25.9 Å². The zero-order chi connectivity index (χ0) is 15.0. The van der Waals surface area contributed by atoms with E-state index in [4.69, 9.17) is 9.84 Å². The molecule has 1 aliphatic rings. The molecular formula is C14H25N3O3. The summed E-state index contributed by atoms with van der Waals surface area (Å²) in [5.74, 6) is 0.138. The molecule has 0 aromatic carbocycles. The maximum Gasteiger partial charge on any atom is 0.410 e. The normalized spacial score (nSPS) is 23.6. The molecule has 1 rings (SSSR count). The van der Waals surface area contributed by atoms with Gasteiger partial charge < -0.3 is 15.2 Å². The second-order valence-corrected chi connectivity index (χ2v) is 4.99. The van der Waals surface area contributed by atoms with Crippen molar-refractivity contribution in [3.05, 3.63) is 12.0 Å². The number of nitrogens with zero attached hydrogens (tertiary/aromatic N) is 2. The van der Waals surface area contributed by atoms with E-state index >= 15 is 0 Å². The van der Waals surface area contributed by atoms with E-state index in [1.165, 1.54) is 6.20 Å². The Hall–Kier alpha value is -1.56. The summed E-state index contributed by atoms with van der Waals surface area (Å²) < 4.78 is 5.56. The number of cyclic esters (lactones) is 1. The Bertz CT molecular complexity index is 378. The lowest BCUT2D eigenvalue weighted by molar-refractivity contribution is 0.0467. The third-order valence-corrected chi connectivity index (χ3v) is 3.36. The Balaban J connectivity index is 2.53. The molecule has 1 fully saturated rings. The van der Waals surface area contributed by atoms with Crippen molar-refractivity contribution in [1.29, 1.82) is 0 Å². The summed E-state index contributed by atoms with van der Waals surface area (Å²) in [6, 6.07) is 0. The van der Waals surface area contributed by atoms with Crippen molar-refractivity contribution in [2.75, 3.05) is 26.2 Å². The van der Waals surface area contributed by atoms with Gasteiger partial charge in [0.2, 0.25) is 0 Å². The summed E-state index contributed by atoms with van der Waals surface area (Å²) in [5, 5.41) is 12.2. The van der Waals surface area contributed by atoms with Gasteiger partial charge in [-0.05, 0) is 26.4 Å². The second kappa shape index (κ2) is 7.89. The van der Waals surface area contributed by atoms with Crippen LogP contribution >= 0.6 is 0 Å². The fourth-order valence-corrected chi connectivity index (χ4v) is 2.12. The number of amides is 1. The maximum atomic E-state index is 11.9. The second-order valence-electron chi connectivity index (χ2n) is 4.99. The van der Waals surface area contributed by atoms with E-state index in [1.807, 2.05) is 6.92 Å². The van der Waals surface area contributed by atoms with Crippen molar-refractivity contribution in [1.82, 2.24) is 10.2 Å². The summed E-state index contributed by atoms with van der Waals surface area (Å²) in [7, 11) is 0. The lowest BCUT2D eigenvalue weighted by atomic mass is 9.96. The average molecular weight is 283 g/mol. The first kappa shape index (κ1) is 16.5. The van der Waals surface area contributed by atoms with Gasteiger partial charge in [-0.3, -0.25) is 9.89 Å². The smallest absolute Gasteiger partial charge is 0.410 e. The number of aliphatic imine (C=N–C) groups is 1. The minimum atomic E-state index is -0.393. The van der Waals surface area contributed by atoms with E-state index in [-0.39, 0.29) is 11.9 Å². The standard InChI is InChI=1S/C14H25N3O3/c1-4-14(6-7-15-5-2)11-17(13(19)20-14)9-8-16-10-12(3)18/h8,10,15,18H,4-7,9,11H2,1-3H3/b12-10+,16-8?. The third kappa shape index (κ3) is 4.85. The van der Waals surface area contributed by atoms with Crippen molar-refractivity contribution in [2.45, 2.75) is 39.2 Å². The number of hydrogen-bond acceptors (Lipinski definition) is 5. The van der Waals surface area contributed by atoms with Crippen LogP contribution in [0.3, 0.4) is 0 Å². The van der Waals surface area contributed by atoms with Crippen molar-refractivity contribution < 1.29 is 14.6 Å². The van der Waals surface area contributed by atoms with Crippen LogP contribution in [0.4, 0.5) is 4.79 Å². The molecule has 6 nitrogen and oxygen atoms in total. The molecule has 1 amide bonds. The van der Waals surface area contributed by atoms with E-state index < -0.39 is 5.60 Å². The highest BCUT2D eigenvalue weighted by Crippen LogP contribution is 2.28. The first-order valence-electron chi connectivity index (χ1n) is 7.09. The van der Waals surface area contributed by atoms with Crippen molar-refractivity contribution in [2.24, 2.45) is 4.99 Å². The lowest BCUT2D eigenvalue weighted by Gasteiger charge is -2.25. The molecule has 0 aromatic rings. The summed E-state index contributed by atoms with van der Waals surface area (Å²) in [4.78, 5) is 17.4. The fourth-order valence-electron chi connectivity index (χ4n) is 2.12. The number of nitrogens with one attached hydrogen (secondary N) is 1. The first-order chi connectivity index (χ1) is 9.53. The average Bonchev–Trinajstić information content (AvgIpc) is 2.72. The molecule has 114 valence electrons. The largest absolute Gasteiger partial charge is 0.511 e. The van der Waals surface area contributed by atoms with Gasteiger partial charge >= 0.3 is 6.09 Å². The van der Waals surface area contributed by atoms with Crippen LogP contribution in [-0.2, 0) is 4.74 Å². The number of carbonyl (C=O) groups excluding carboxylic acids is 1. The number of aliphatic hydroxyl groups excluding tert-OH is 1. The van der Waals surface area contributed by atoms with Gasteiger partial charge in [-0.1, -0.05) is 13.8 Å². The van der Waals surface area contributed by atoms with Crippen LogP contribution in [0.25, 0.3) is 0 Å². The summed E-state index contributed by atoms with van der Waals surface area (Å²) in [5.41, 5.74) is -0.393. The summed E-state index contributed by atoms with van der Waals surface area (Å²) >= 11 is 0. The number of carbonyl (C=O) groups is 1. The highest BCUT2D eigenvalue weighted by Gasteiger charge is 2.42. The SMILES string of the molecule is CCNCCC1(CC)CN(CC=N/C=C(\C)O)C(=O)O1. The van der Waals surface area contributed by atoms with Crippen LogP contribution in [0.5, 0.6) is 0 Å². The van der Waals surface area contributed by atoms with Gasteiger partial charge in [0.15, 0.2) is 0 Å². The molecule has 1 unspecified atom stereocenters. The quantitative estimate of drug-likeness (QED) is 0.406. The minimum absolute atomic E-state index is 0.138. The molecule has 0 saturated carbocycles. The van der Waals surface area contributed by atoms with Gasteiger partial charge in [-0.25, -0.2) is 4.79 Å². The summed E-state index contributed by atoms with van der Waals surface area (Å²) in [6.07, 6.45) is 4.26. The van der Waals surface area contributed by atoms with Gasteiger partial charge in [0.05, 0.1) is 19.3 Å². The van der Waals surface area contributed by atoms with E-state index in [1.54, 1.807) is 18.0 Å². The van der Waals surface area contributed by atoms with Crippen molar-refractivity contribution in [3.63, 3.8) is 0 Å². The van der Waals surface area contributed by atoms with Gasteiger partial charge in [-0.15, -0.1) is 0 Å². The number of rotatable bonds is 8. The molecule has 0 bridgehead atoms. The van der Waals surface area contributed by atoms with Crippen LogP contribution in [0.15, 0.2) is 17.0 Å². The molecule has 20 heavy (non-hydrogen) atoms. The molecule has 2 N–H and O–H groups in total. The Labute approximate surface area is 120 Å². The number of hydrogen-bond donors (Lipinski definition) is 2. The van der Waals surface area contributed by atoms with Gasteiger partial charge in [0.25, 0.3) is 0 Å². The number of ether oxygens (including phenoxy) is 1. The third-order valence-electron chi connectivity index (χ3n) is 3.36. The van der Waals surface area contributed by atoms with Crippen LogP contribution in [0.2, 0.25) is 0 Å².